The Hall–Kier alpha value is -2.00. The highest BCUT2D eigenvalue weighted by Gasteiger charge is 2.04. The molecule has 2 aromatic rings. The van der Waals surface area contributed by atoms with Crippen molar-refractivity contribution in [2.45, 2.75) is 6.54 Å². The van der Waals surface area contributed by atoms with Crippen LogP contribution in [-0.4, -0.2) is 5.91 Å². The standard InChI is InChI=1S/C14H13ClN2O/c15-12-5-1-10(2-6-12)9-17-14(18)11-3-7-13(16)8-4-11/h1-8H,9,16H2,(H,17,18). The third-order valence-electron chi connectivity index (χ3n) is 2.54. The van der Waals surface area contributed by atoms with E-state index in [2.05, 4.69) is 5.32 Å². The van der Waals surface area contributed by atoms with Crippen molar-refractivity contribution in [3.63, 3.8) is 0 Å². The predicted octanol–water partition coefficient (Wildman–Crippen LogP) is 2.85. The molecule has 3 N–H and O–H groups in total. The summed E-state index contributed by atoms with van der Waals surface area (Å²) in [5, 5.41) is 3.52. The van der Waals surface area contributed by atoms with Crippen molar-refractivity contribution in [3.05, 3.63) is 64.7 Å². The summed E-state index contributed by atoms with van der Waals surface area (Å²) in [5.74, 6) is -0.120. The highest BCUT2D eigenvalue weighted by atomic mass is 35.5. The van der Waals surface area contributed by atoms with Gasteiger partial charge in [0.2, 0.25) is 0 Å². The second kappa shape index (κ2) is 5.56. The van der Waals surface area contributed by atoms with Crippen LogP contribution in [0.15, 0.2) is 48.5 Å². The van der Waals surface area contributed by atoms with Crippen LogP contribution in [0.25, 0.3) is 0 Å². The van der Waals surface area contributed by atoms with Gasteiger partial charge in [0.1, 0.15) is 0 Å². The van der Waals surface area contributed by atoms with Gasteiger partial charge >= 0.3 is 0 Å². The monoisotopic (exact) mass is 260 g/mol. The average molecular weight is 261 g/mol. The van der Waals surface area contributed by atoms with Crippen molar-refractivity contribution in [2.24, 2.45) is 0 Å². The van der Waals surface area contributed by atoms with Gasteiger partial charge in [-0.3, -0.25) is 4.79 Å². The summed E-state index contributed by atoms with van der Waals surface area (Å²) in [4.78, 5) is 11.8. The molecule has 0 saturated heterocycles. The van der Waals surface area contributed by atoms with Crippen molar-refractivity contribution >= 4 is 23.2 Å². The second-order valence-corrected chi connectivity index (χ2v) is 4.37. The minimum absolute atomic E-state index is 0.120. The number of nitrogens with two attached hydrogens (primary N) is 1. The first-order valence-corrected chi connectivity index (χ1v) is 5.91. The van der Waals surface area contributed by atoms with E-state index in [1.54, 1.807) is 36.4 Å². The Bertz CT molecular complexity index is 535. The largest absolute Gasteiger partial charge is 0.399 e. The number of carbonyl (C=O) groups is 1. The molecule has 3 nitrogen and oxygen atoms in total. The summed E-state index contributed by atoms with van der Waals surface area (Å²) in [5.41, 5.74) is 7.80. The fourth-order valence-corrected chi connectivity index (χ4v) is 1.65. The molecule has 92 valence electrons. The minimum Gasteiger partial charge on any atom is -0.399 e. The fourth-order valence-electron chi connectivity index (χ4n) is 1.52. The Balaban J connectivity index is 1.96. The van der Waals surface area contributed by atoms with Gasteiger partial charge in [-0.2, -0.15) is 0 Å². The molecule has 0 bridgehead atoms. The number of amides is 1. The van der Waals surface area contributed by atoms with Crippen molar-refractivity contribution in [1.29, 1.82) is 0 Å². The normalized spacial score (nSPS) is 10.1. The SMILES string of the molecule is Nc1ccc(C(=O)NCc2ccc(Cl)cc2)cc1. The van der Waals surface area contributed by atoms with Gasteiger partial charge in [0.25, 0.3) is 5.91 Å². The maximum atomic E-state index is 11.8. The average Bonchev–Trinajstić information content (AvgIpc) is 2.38. The van der Waals surface area contributed by atoms with Crippen LogP contribution in [0.2, 0.25) is 5.02 Å². The third-order valence-corrected chi connectivity index (χ3v) is 2.79. The Kier molecular flexibility index (Phi) is 3.85. The number of benzene rings is 2. The van der Waals surface area contributed by atoms with Gasteiger partial charge in [0, 0.05) is 22.8 Å². The van der Waals surface area contributed by atoms with Crippen LogP contribution >= 0.6 is 11.6 Å². The summed E-state index contributed by atoms with van der Waals surface area (Å²) >= 11 is 5.79. The zero-order valence-electron chi connectivity index (χ0n) is 9.69. The molecule has 0 fully saturated rings. The molecule has 0 heterocycles. The lowest BCUT2D eigenvalue weighted by molar-refractivity contribution is 0.0951. The summed E-state index contributed by atoms with van der Waals surface area (Å²) in [6.45, 7) is 0.473. The quantitative estimate of drug-likeness (QED) is 0.834. The van der Waals surface area contributed by atoms with Crippen LogP contribution in [-0.2, 0) is 6.54 Å². The highest BCUT2D eigenvalue weighted by Crippen LogP contribution is 2.10. The van der Waals surface area contributed by atoms with E-state index in [4.69, 9.17) is 17.3 Å². The van der Waals surface area contributed by atoms with Crippen molar-refractivity contribution in [2.75, 3.05) is 5.73 Å². The first kappa shape index (κ1) is 12.5. The molecular formula is C14H13ClN2O. The van der Waals surface area contributed by atoms with E-state index in [-0.39, 0.29) is 5.91 Å². The van der Waals surface area contributed by atoms with Gasteiger partial charge in [-0.1, -0.05) is 23.7 Å². The lowest BCUT2D eigenvalue weighted by Crippen LogP contribution is -2.22. The number of anilines is 1. The van der Waals surface area contributed by atoms with Crippen LogP contribution in [0.1, 0.15) is 15.9 Å². The number of hydrogen-bond donors (Lipinski definition) is 2. The smallest absolute Gasteiger partial charge is 0.251 e. The van der Waals surface area contributed by atoms with E-state index < -0.39 is 0 Å². The maximum Gasteiger partial charge on any atom is 0.251 e. The number of nitrogen functional groups attached to an aromatic ring is 1. The molecule has 0 saturated carbocycles. The molecule has 4 heteroatoms. The van der Waals surface area contributed by atoms with Gasteiger partial charge in [-0.05, 0) is 42.0 Å². The van der Waals surface area contributed by atoms with Crippen molar-refractivity contribution < 1.29 is 4.79 Å². The minimum atomic E-state index is -0.120. The van der Waals surface area contributed by atoms with Gasteiger partial charge in [-0.25, -0.2) is 0 Å². The van der Waals surface area contributed by atoms with Crippen LogP contribution in [0.5, 0.6) is 0 Å². The lowest BCUT2D eigenvalue weighted by Gasteiger charge is -2.05. The van der Waals surface area contributed by atoms with Gasteiger partial charge < -0.3 is 11.1 Å². The molecule has 0 aliphatic carbocycles. The number of halogens is 1. The van der Waals surface area contributed by atoms with Crippen molar-refractivity contribution in [3.8, 4) is 0 Å². The van der Waals surface area contributed by atoms with E-state index in [0.29, 0.717) is 22.8 Å². The zero-order valence-corrected chi connectivity index (χ0v) is 10.4. The second-order valence-electron chi connectivity index (χ2n) is 3.93. The number of nitrogens with one attached hydrogen (secondary N) is 1. The number of carbonyl (C=O) groups excluding carboxylic acids is 1. The Labute approximate surface area is 111 Å². The van der Waals surface area contributed by atoms with E-state index in [0.717, 1.165) is 5.56 Å². The molecule has 0 spiro atoms. The summed E-state index contributed by atoms with van der Waals surface area (Å²) < 4.78 is 0. The molecule has 0 aliphatic rings. The first-order valence-electron chi connectivity index (χ1n) is 5.53. The molecule has 1 amide bonds. The topological polar surface area (TPSA) is 55.1 Å². The Morgan fingerprint density at radius 1 is 1.06 bits per heavy atom. The summed E-state index contributed by atoms with van der Waals surface area (Å²) in [6, 6.07) is 14.2. The summed E-state index contributed by atoms with van der Waals surface area (Å²) in [6.07, 6.45) is 0. The molecular weight excluding hydrogens is 248 g/mol. The maximum absolute atomic E-state index is 11.8. The van der Waals surface area contributed by atoms with E-state index in [1.807, 2.05) is 12.1 Å². The molecule has 0 atom stereocenters. The molecule has 0 unspecified atom stereocenters. The Morgan fingerprint density at radius 3 is 2.28 bits per heavy atom. The van der Waals surface area contributed by atoms with Crippen LogP contribution < -0.4 is 11.1 Å². The molecule has 0 aromatic heterocycles. The summed E-state index contributed by atoms with van der Waals surface area (Å²) in [7, 11) is 0. The highest BCUT2D eigenvalue weighted by molar-refractivity contribution is 6.30. The fraction of sp³-hybridized carbons (Fsp3) is 0.0714. The van der Waals surface area contributed by atoms with E-state index in [9.17, 15) is 4.79 Å². The van der Waals surface area contributed by atoms with Crippen LogP contribution in [0, 0.1) is 0 Å². The van der Waals surface area contributed by atoms with Gasteiger partial charge in [-0.15, -0.1) is 0 Å². The number of rotatable bonds is 3. The van der Waals surface area contributed by atoms with E-state index >= 15 is 0 Å². The Morgan fingerprint density at radius 2 is 1.67 bits per heavy atom. The molecule has 2 rings (SSSR count). The zero-order chi connectivity index (χ0) is 13.0. The molecule has 18 heavy (non-hydrogen) atoms. The third kappa shape index (κ3) is 3.25. The van der Waals surface area contributed by atoms with Crippen molar-refractivity contribution in [1.82, 2.24) is 5.32 Å². The molecule has 2 aromatic carbocycles. The van der Waals surface area contributed by atoms with Gasteiger partial charge in [0.05, 0.1) is 0 Å². The molecule has 0 aliphatic heterocycles. The van der Waals surface area contributed by atoms with E-state index in [1.165, 1.54) is 0 Å². The first-order chi connectivity index (χ1) is 8.65. The van der Waals surface area contributed by atoms with Gasteiger partial charge in [0.15, 0.2) is 0 Å². The van der Waals surface area contributed by atoms with Crippen LogP contribution in [0.3, 0.4) is 0 Å². The predicted molar refractivity (Wildman–Crippen MR) is 73.5 cm³/mol. The molecule has 0 radical (unpaired) electrons. The van der Waals surface area contributed by atoms with Crippen LogP contribution in [0.4, 0.5) is 5.69 Å². The lowest BCUT2D eigenvalue weighted by atomic mass is 10.2. The number of hydrogen-bond acceptors (Lipinski definition) is 2.